The van der Waals surface area contributed by atoms with Crippen LogP contribution in [0, 0.1) is 0 Å². The molecule has 1 N–H and O–H groups in total. The van der Waals surface area contributed by atoms with Crippen molar-refractivity contribution in [2.75, 3.05) is 13.1 Å². The minimum atomic E-state index is -3.67. The van der Waals surface area contributed by atoms with Gasteiger partial charge in [-0.15, -0.1) is 0 Å². The van der Waals surface area contributed by atoms with Gasteiger partial charge in [0.15, 0.2) is 5.58 Å². The van der Waals surface area contributed by atoms with Crippen molar-refractivity contribution in [3.8, 4) is 0 Å². The molecule has 0 spiro atoms. The molecule has 2 aromatic rings. The van der Waals surface area contributed by atoms with Crippen LogP contribution in [0.4, 0.5) is 0 Å². The van der Waals surface area contributed by atoms with Crippen LogP contribution in [0.1, 0.15) is 6.92 Å². The van der Waals surface area contributed by atoms with Crippen LogP contribution in [0.25, 0.3) is 11.1 Å². The summed E-state index contributed by atoms with van der Waals surface area (Å²) in [5, 5.41) is 9.64. The molecule has 108 valence electrons. The molecule has 0 amide bonds. The van der Waals surface area contributed by atoms with Crippen LogP contribution < -0.4 is 5.76 Å². The van der Waals surface area contributed by atoms with Crippen LogP contribution in [0.2, 0.25) is 0 Å². The zero-order valence-corrected chi connectivity index (χ0v) is 11.8. The van der Waals surface area contributed by atoms with E-state index in [1.165, 1.54) is 27.1 Å². The van der Waals surface area contributed by atoms with E-state index >= 15 is 0 Å². The molecular formula is C12H14N2O5S. The smallest absolute Gasteiger partial charge is 0.408 e. The van der Waals surface area contributed by atoms with E-state index in [0.29, 0.717) is 5.52 Å². The van der Waals surface area contributed by atoms with Crippen LogP contribution >= 0.6 is 0 Å². The number of oxazole rings is 1. The first-order valence-corrected chi connectivity index (χ1v) is 7.47. The third-order valence-electron chi connectivity index (χ3n) is 3.44. The molecule has 1 aliphatic heterocycles. The third kappa shape index (κ3) is 1.88. The standard InChI is InChI=1S/C12H14N2O5S/c1-12(16)6-14(7-12)20(17,18)8-3-4-9-10(5-8)19-11(15)13(9)2/h3-5,16H,6-7H2,1-2H3. The van der Waals surface area contributed by atoms with Gasteiger partial charge in [0, 0.05) is 26.2 Å². The molecule has 1 fully saturated rings. The van der Waals surface area contributed by atoms with Gasteiger partial charge in [-0.2, -0.15) is 4.31 Å². The van der Waals surface area contributed by atoms with Gasteiger partial charge in [-0.1, -0.05) is 0 Å². The highest BCUT2D eigenvalue weighted by Gasteiger charge is 2.43. The van der Waals surface area contributed by atoms with Crippen molar-refractivity contribution >= 4 is 21.1 Å². The number of aryl methyl sites for hydroxylation is 1. The van der Waals surface area contributed by atoms with Gasteiger partial charge in [0.1, 0.15) is 0 Å². The molecule has 0 bridgehead atoms. The molecule has 1 aromatic heterocycles. The lowest BCUT2D eigenvalue weighted by molar-refractivity contribution is -0.0426. The monoisotopic (exact) mass is 298 g/mol. The number of hydrogen-bond donors (Lipinski definition) is 1. The second-order valence-electron chi connectivity index (χ2n) is 5.33. The van der Waals surface area contributed by atoms with Crippen molar-refractivity contribution in [3.05, 3.63) is 28.7 Å². The minimum Gasteiger partial charge on any atom is -0.408 e. The van der Waals surface area contributed by atoms with E-state index in [1.807, 2.05) is 0 Å². The van der Waals surface area contributed by atoms with Crippen LogP contribution in [-0.4, -0.2) is 41.1 Å². The van der Waals surface area contributed by atoms with E-state index in [1.54, 1.807) is 14.0 Å². The molecule has 0 radical (unpaired) electrons. The van der Waals surface area contributed by atoms with Gasteiger partial charge in [0.25, 0.3) is 0 Å². The van der Waals surface area contributed by atoms with Crippen molar-refractivity contribution < 1.29 is 17.9 Å². The maximum Gasteiger partial charge on any atom is 0.419 e. The number of fused-ring (bicyclic) bond motifs is 1. The van der Waals surface area contributed by atoms with Crippen LogP contribution in [0.5, 0.6) is 0 Å². The molecule has 0 saturated carbocycles. The van der Waals surface area contributed by atoms with E-state index < -0.39 is 21.4 Å². The lowest BCUT2D eigenvalue weighted by atomic mass is 10.0. The molecular weight excluding hydrogens is 284 g/mol. The maximum atomic E-state index is 12.3. The fraction of sp³-hybridized carbons (Fsp3) is 0.417. The average molecular weight is 298 g/mol. The first kappa shape index (κ1) is 13.3. The van der Waals surface area contributed by atoms with Gasteiger partial charge < -0.3 is 9.52 Å². The van der Waals surface area contributed by atoms with Gasteiger partial charge in [-0.3, -0.25) is 4.57 Å². The number of sulfonamides is 1. The molecule has 1 saturated heterocycles. The fourth-order valence-electron chi connectivity index (χ4n) is 2.31. The molecule has 1 aromatic carbocycles. The summed E-state index contributed by atoms with van der Waals surface area (Å²) < 4.78 is 32.1. The van der Waals surface area contributed by atoms with Crippen LogP contribution in [-0.2, 0) is 17.1 Å². The second kappa shape index (κ2) is 3.94. The van der Waals surface area contributed by atoms with E-state index in [4.69, 9.17) is 4.42 Å². The quantitative estimate of drug-likeness (QED) is 0.835. The Morgan fingerprint density at radius 3 is 2.60 bits per heavy atom. The Bertz CT molecular complexity index is 838. The van der Waals surface area contributed by atoms with Crippen LogP contribution in [0.15, 0.2) is 32.3 Å². The van der Waals surface area contributed by atoms with Crippen molar-refractivity contribution in [3.63, 3.8) is 0 Å². The van der Waals surface area contributed by atoms with Gasteiger partial charge in [-0.05, 0) is 19.1 Å². The summed E-state index contributed by atoms with van der Waals surface area (Å²) in [6, 6.07) is 4.30. The summed E-state index contributed by atoms with van der Waals surface area (Å²) in [6.45, 7) is 1.71. The Kier molecular flexibility index (Phi) is 2.63. The average Bonchev–Trinajstić information content (AvgIpc) is 2.61. The topological polar surface area (TPSA) is 92.8 Å². The predicted molar refractivity (Wildman–Crippen MR) is 70.8 cm³/mol. The van der Waals surface area contributed by atoms with Gasteiger partial charge in [0.05, 0.1) is 16.0 Å². The molecule has 8 heteroatoms. The Balaban J connectivity index is 2.04. The van der Waals surface area contributed by atoms with E-state index in [2.05, 4.69) is 0 Å². The number of aliphatic hydroxyl groups is 1. The highest BCUT2D eigenvalue weighted by Crippen LogP contribution is 2.28. The number of aromatic nitrogens is 1. The summed E-state index contributed by atoms with van der Waals surface area (Å²) in [7, 11) is -2.12. The van der Waals surface area contributed by atoms with E-state index in [9.17, 15) is 18.3 Å². The molecule has 0 atom stereocenters. The van der Waals surface area contributed by atoms with Crippen molar-refractivity contribution in [2.45, 2.75) is 17.4 Å². The van der Waals surface area contributed by atoms with Crippen molar-refractivity contribution in [1.82, 2.24) is 8.87 Å². The normalized spacial score (nSPS) is 19.1. The molecule has 0 aliphatic carbocycles. The summed E-state index contributed by atoms with van der Waals surface area (Å²) >= 11 is 0. The Morgan fingerprint density at radius 1 is 1.35 bits per heavy atom. The maximum absolute atomic E-state index is 12.3. The largest absolute Gasteiger partial charge is 0.419 e. The molecule has 2 heterocycles. The SMILES string of the molecule is Cn1c(=O)oc2cc(S(=O)(=O)N3CC(C)(O)C3)ccc21. The first-order chi connectivity index (χ1) is 9.21. The fourth-order valence-corrected chi connectivity index (χ4v) is 4.00. The van der Waals surface area contributed by atoms with Gasteiger partial charge in [-0.25, -0.2) is 13.2 Å². The summed E-state index contributed by atoms with van der Waals surface area (Å²) in [5.41, 5.74) is -0.216. The number of nitrogens with zero attached hydrogens (tertiary/aromatic N) is 2. The Hall–Kier alpha value is -1.64. The number of β-amino-alcohol motifs (C(OH)–C–C–N with tert-alkyl or cyclic N) is 1. The zero-order valence-electron chi connectivity index (χ0n) is 11.0. The summed E-state index contributed by atoms with van der Waals surface area (Å²) in [5.74, 6) is -0.540. The van der Waals surface area contributed by atoms with E-state index in [-0.39, 0.29) is 23.6 Å². The molecule has 20 heavy (non-hydrogen) atoms. The van der Waals surface area contributed by atoms with Gasteiger partial charge in [0.2, 0.25) is 10.0 Å². The number of benzene rings is 1. The van der Waals surface area contributed by atoms with E-state index in [0.717, 1.165) is 0 Å². The summed E-state index contributed by atoms with van der Waals surface area (Å²) in [4.78, 5) is 11.4. The summed E-state index contributed by atoms with van der Waals surface area (Å²) in [6.07, 6.45) is 0. The van der Waals surface area contributed by atoms with Crippen molar-refractivity contribution in [2.24, 2.45) is 7.05 Å². The predicted octanol–water partition coefficient (Wildman–Crippen LogP) is -0.113. The number of rotatable bonds is 2. The highest BCUT2D eigenvalue weighted by atomic mass is 32.2. The molecule has 7 nitrogen and oxygen atoms in total. The Labute approximate surface area is 115 Å². The first-order valence-electron chi connectivity index (χ1n) is 6.03. The van der Waals surface area contributed by atoms with Gasteiger partial charge >= 0.3 is 5.76 Å². The Morgan fingerprint density at radius 2 is 2.00 bits per heavy atom. The minimum absolute atomic E-state index is 0.0508. The molecule has 3 rings (SSSR count). The van der Waals surface area contributed by atoms with Crippen molar-refractivity contribution in [1.29, 1.82) is 0 Å². The lowest BCUT2D eigenvalue weighted by Crippen LogP contribution is -2.61. The second-order valence-corrected chi connectivity index (χ2v) is 7.26. The van der Waals surface area contributed by atoms with Crippen LogP contribution in [0.3, 0.4) is 0 Å². The lowest BCUT2D eigenvalue weighted by Gasteiger charge is -2.42. The molecule has 1 aliphatic rings. The third-order valence-corrected chi connectivity index (χ3v) is 5.22. The highest BCUT2D eigenvalue weighted by molar-refractivity contribution is 7.89. The number of hydrogen-bond acceptors (Lipinski definition) is 5. The molecule has 0 unspecified atom stereocenters. The zero-order chi connectivity index (χ0) is 14.7.